The Morgan fingerprint density at radius 1 is 1.22 bits per heavy atom. The maximum absolute atomic E-state index is 12.5. The molecular weight excluding hydrogens is 344 g/mol. The van der Waals surface area contributed by atoms with E-state index in [4.69, 9.17) is 4.52 Å². The van der Waals surface area contributed by atoms with Crippen molar-refractivity contribution in [2.75, 3.05) is 26.7 Å². The lowest BCUT2D eigenvalue weighted by Crippen LogP contribution is -2.46. The molecule has 27 heavy (non-hydrogen) atoms. The van der Waals surface area contributed by atoms with Crippen molar-refractivity contribution in [3.8, 4) is 0 Å². The molecule has 1 saturated carbocycles. The number of urea groups is 1. The van der Waals surface area contributed by atoms with Gasteiger partial charge in [0.05, 0.1) is 6.54 Å². The average Bonchev–Trinajstić information content (AvgIpc) is 3.47. The highest BCUT2D eigenvalue weighted by atomic mass is 16.5. The summed E-state index contributed by atoms with van der Waals surface area (Å²) in [5.74, 6) is 1.93. The van der Waals surface area contributed by atoms with Crippen LogP contribution in [0.3, 0.4) is 0 Å². The molecule has 0 unspecified atom stereocenters. The summed E-state index contributed by atoms with van der Waals surface area (Å²) in [4.78, 5) is 28.4. The highest BCUT2D eigenvalue weighted by Gasteiger charge is 2.35. The third-order valence-corrected chi connectivity index (χ3v) is 6.06. The molecular formula is C20H30N4O3. The van der Waals surface area contributed by atoms with Crippen molar-refractivity contribution in [3.05, 3.63) is 17.0 Å². The number of aryl methyl sites for hydroxylation is 1. The molecule has 0 bridgehead atoms. The first-order valence-electron chi connectivity index (χ1n) is 10.4. The van der Waals surface area contributed by atoms with E-state index in [1.54, 1.807) is 11.9 Å². The first-order valence-corrected chi connectivity index (χ1v) is 10.4. The van der Waals surface area contributed by atoms with Crippen LogP contribution in [0.4, 0.5) is 4.79 Å². The molecule has 1 aromatic heterocycles. The standard InChI is InChI=1S/C20H30N4O3/c1-23(13-17-16-6-2-3-7-18(16)27-22-17)20(26)21-11-14-5-4-10-24(12-14)19(25)15-8-9-15/h14-15H,2-13H2,1H3,(H,21,26)/t14-/m0/s1. The van der Waals surface area contributed by atoms with E-state index in [-0.39, 0.29) is 11.9 Å². The number of likely N-dealkylation sites (tertiary alicyclic amines) is 1. The van der Waals surface area contributed by atoms with E-state index in [2.05, 4.69) is 10.5 Å². The van der Waals surface area contributed by atoms with Crippen molar-refractivity contribution in [3.63, 3.8) is 0 Å². The van der Waals surface area contributed by atoms with Crippen molar-refractivity contribution in [1.82, 2.24) is 20.3 Å². The van der Waals surface area contributed by atoms with Gasteiger partial charge in [-0.05, 0) is 50.9 Å². The topological polar surface area (TPSA) is 78.7 Å². The van der Waals surface area contributed by atoms with Gasteiger partial charge < -0.3 is 19.6 Å². The Labute approximate surface area is 160 Å². The molecule has 1 aromatic rings. The van der Waals surface area contributed by atoms with Crippen LogP contribution in [0, 0.1) is 11.8 Å². The molecule has 1 N–H and O–H groups in total. The zero-order chi connectivity index (χ0) is 18.8. The lowest BCUT2D eigenvalue weighted by atomic mass is 9.96. The van der Waals surface area contributed by atoms with Gasteiger partial charge in [-0.3, -0.25) is 4.79 Å². The van der Waals surface area contributed by atoms with E-state index in [1.807, 2.05) is 4.90 Å². The third-order valence-electron chi connectivity index (χ3n) is 6.06. The molecule has 4 rings (SSSR count). The van der Waals surface area contributed by atoms with Gasteiger partial charge in [-0.15, -0.1) is 0 Å². The normalized spacial score (nSPS) is 22.3. The van der Waals surface area contributed by atoms with Crippen LogP contribution in [0.1, 0.15) is 55.5 Å². The molecule has 2 fully saturated rings. The monoisotopic (exact) mass is 374 g/mol. The van der Waals surface area contributed by atoms with Crippen LogP contribution in [0.15, 0.2) is 4.52 Å². The van der Waals surface area contributed by atoms with Gasteiger partial charge in [-0.1, -0.05) is 5.16 Å². The summed E-state index contributed by atoms with van der Waals surface area (Å²) in [5.41, 5.74) is 2.09. The zero-order valence-electron chi connectivity index (χ0n) is 16.2. The van der Waals surface area contributed by atoms with Gasteiger partial charge in [0, 0.05) is 44.6 Å². The Morgan fingerprint density at radius 2 is 2.04 bits per heavy atom. The van der Waals surface area contributed by atoms with Crippen LogP contribution >= 0.6 is 0 Å². The summed E-state index contributed by atoms with van der Waals surface area (Å²) in [6.07, 6.45) is 8.46. The number of aromatic nitrogens is 1. The lowest BCUT2D eigenvalue weighted by molar-refractivity contribution is -0.134. The predicted molar refractivity (Wildman–Crippen MR) is 100 cm³/mol. The predicted octanol–water partition coefficient (Wildman–Crippen LogP) is 2.34. The number of amides is 3. The molecule has 0 spiro atoms. The van der Waals surface area contributed by atoms with Crippen LogP contribution in [-0.2, 0) is 24.2 Å². The first-order chi connectivity index (χ1) is 13.1. The van der Waals surface area contributed by atoms with Gasteiger partial charge in [-0.25, -0.2) is 4.79 Å². The maximum Gasteiger partial charge on any atom is 0.317 e. The number of nitrogens with zero attached hydrogens (tertiary/aromatic N) is 3. The summed E-state index contributed by atoms with van der Waals surface area (Å²) in [6, 6.07) is -0.0896. The van der Waals surface area contributed by atoms with Crippen molar-refractivity contribution < 1.29 is 14.1 Å². The Bertz CT molecular complexity index is 697. The first kappa shape index (κ1) is 18.3. The van der Waals surface area contributed by atoms with E-state index in [1.165, 1.54) is 5.56 Å². The van der Waals surface area contributed by atoms with Crippen LogP contribution in [0.2, 0.25) is 0 Å². The molecule has 2 heterocycles. The summed E-state index contributed by atoms with van der Waals surface area (Å²) in [6.45, 7) is 2.74. The number of nitrogens with one attached hydrogen (secondary N) is 1. The highest BCUT2D eigenvalue weighted by molar-refractivity contribution is 5.81. The minimum Gasteiger partial charge on any atom is -0.361 e. The minimum absolute atomic E-state index is 0.0896. The molecule has 0 radical (unpaired) electrons. The Balaban J connectivity index is 1.25. The number of hydrogen-bond acceptors (Lipinski definition) is 4. The van der Waals surface area contributed by atoms with Gasteiger partial charge in [0.1, 0.15) is 11.5 Å². The number of carbonyl (C=O) groups excluding carboxylic acids is 2. The second-order valence-corrected chi connectivity index (χ2v) is 8.35. The van der Waals surface area contributed by atoms with Crippen LogP contribution < -0.4 is 5.32 Å². The number of rotatable bonds is 5. The number of piperidine rings is 1. The van der Waals surface area contributed by atoms with Crippen molar-refractivity contribution in [1.29, 1.82) is 0 Å². The van der Waals surface area contributed by atoms with Crippen molar-refractivity contribution in [2.24, 2.45) is 11.8 Å². The number of hydrogen-bond donors (Lipinski definition) is 1. The maximum atomic E-state index is 12.5. The third kappa shape index (κ3) is 4.28. The highest BCUT2D eigenvalue weighted by Crippen LogP contribution is 2.32. The average molecular weight is 374 g/mol. The Morgan fingerprint density at radius 3 is 2.85 bits per heavy atom. The number of carbonyl (C=O) groups is 2. The Kier molecular flexibility index (Phi) is 5.36. The van der Waals surface area contributed by atoms with Gasteiger partial charge in [0.2, 0.25) is 5.91 Å². The largest absolute Gasteiger partial charge is 0.361 e. The van der Waals surface area contributed by atoms with E-state index >= 15 is 0 Å². The van der Waals surface area contributed by atoms with Crippen LogP contribution in [-0.4, -0.2) is 53.6 Å². The molecule has 3 aliphatic rings. The molecule has 1 atom stereocenters. The molecule has 148 valence electrons. The van der Waals surface area contributed by atoms with E-state index in [0.29, 0.717) is 24.9 Å². The molecule has 1 aliphatic heterocycles. The van der Waals surface area contributed by atoms with Gasteiger partial charge in [0.15, 0.2) is 0 Å². The molecule has 2 aliphatic carbocycles. The molecule has 7 heteroatoms. The van der Waals surface area contributed by atoms with Crippen molar-refractivity contribution >= 4 is 11.9 Å². The van der Waals surface area contributed by atoms with Crippen LogP contribution in [0.25, 0.3) is 0 Å². The quantitative estimate of drug-likeness (QED) is 0.858. The van der Waals surface area contributed by atoms with E-state index in [0.717, 1.165) is 75.9 Å². The second-order valence-electron chi connectivity index (χ2n) is 8.35. The summed E-state index contributed by atoms with van der Waals surface area (Å²) in [7, 11) is 1.79. The summed E-state index contributed by atoms with van der Waals surface area (Å²) >= 11 is 0. The lowest BCUT2D eigenvalue weighted by Gasteiger charge is -2.33. The molecule has 1 saturated heterocycles. The molecule has 7 nitrogen and oxygen atoms in total. The van der Waals surface area contributed by atoms with Crippen LogP contribution in [0.5, 0.6) is 0 Å². The van der Waals surface area contributed by atoms with Gasteiger partial charge >= 0.3 is 6.03 Å². The summed E-state index contributed by atoms with van der Waals surface area (Å²) in [5, 5.41) is 7.22. The zero-order valence-corrected chi connectivity index (χ0v) is 16.2. The fraction of sp³-hybridized carbons (Fsp3) is 0.750. The molecule has 3 amide bonds. The minimum atomic E-state index is -0.0896. The van der Waals surface area contributed by atoms with E-state index in [9.17, 15) is 9.59 Å². The Hall–Kier alpha value is -2.05. The SMILES string of the molecule is CN(Cc1noc2c1CCCC2)C(=O)NC[C@@H]1CCCN(C(=O)C2CC2)C1. The number of fused-ring (bicyclic) bond motifs is 1. The fourth-order valence-corrected chi connectivity index (χ4v) is 4.26. The summed E-state index contributed by atoms with van der Waals surface area (Å²) < 4.78 is 5.44. The van der Waals surface area contributed by atoms with Gasteiger partial charge in [0.25, 0.3) is 0 Å². The second kappa shape index (κ2) is 7.90. The van der Waals surface area contributed by atoms with Crippen molar-refractivity contribution in [2.45, 2.75) is 57.9 Å². The fourth-order valence-electron chi connectivity index (χ4n) is 4.26. The smallest absolute Gasteiger partial charge is 0.317 e. The van der Waals surface area contributed by atoms with E-state index < -0.39 is 0 Å². The van der Waals surface area contributed by atoms with Gasteiger partial charge in [-0.2, -0.15) is 0 Å². The molecule has 0 aromatic carbocycles.